The number of para-hydroxylation sites is 2. The Morgan fingerprint density at radius 2 is 1.76 bits per heavy atom. The Kier molecular flexibility index (Phi) is 5.40. The normalized spacial score (nSPS) is 19.5. The van der Waals surface area contributed by atoms with Gasteiger partial charge in [-0.25, -0.2) is 0 Å². The summed E-state index contributed by atoms with van der Waals surface area (Å²) < 4.78 is 5.62. The van der Waals surface area contributed by atoms with Crippen LogP contribution < -0.4 is 19.9 Å². The van der Waals surface area contributed by atoms with Crippen molar-refractivity contribution in [2.45, 2.75) is 13.0 Å². The molecule has 2 amide bonds. The van der Waals surface area contributed by atoms with Gasteiger partial charge in [0.15, 0.2) is 6.10 Å². The summed E-state index contributed by atoms with van der Waals surface area (Å²) in [5, 5.41) is 2.89. The summed E-state index contributed by atoms with van der Waals surface area (Å²) in [6.45, 7) is 5.74. The molecule has 0 radical (unpaired) electrons. The Morgan fingerprint density at radius 1 is 1.07 bits per heavy atom. The number of nitrogens with one attached hydrogen (secondary N) is 1. The van der Waals surface area contributed by atoms with Crippen molar-refractivity contribution in [1.82, 2.24) is 4.90 Å². The van der Waals surface area contributed by atoms with Crippen LogP contribution in [0.3, 0.4) is 0 Å². The third kappa shape index (κ3) is 4.19. The second-order valence-corrected chi connectivity index (χ2v) is 7.54. The van der Waals surface area contributed by atoms with Crippen LogP contribution in [-0.4, -0.2) is 62.6 Å². The van der Waals surface area contributed by atoms with Gasteiger partial charge in [0.25, 0.3) is 5.91 Å². The van der Waals surface area contributed by atoms with Crippen molar-refractivity contribution in [3.05, 3.63) is 48.5 Å². The van der Waals surface area contributed by atoms with Gasteiger partial charge in [-0.2, -0.15) is 0 Å². The molecule has 1 unspecified atom stereocenters. The van der Waals surface area contributed by atoms with E-state index in [1.54, 1.807) is 19.1 Å². The van der Waals surface area contributed by atoms with Crippen molar-refractivity contribution in [3.8, 4) is 5.75 Å². The van der Waals surface area contributed by atoms with Gasteiger partial charge in [-0.15, -0.1) is 0 Å². The van der Waals surface area contributed by atoms with Crippen molar-refractivity contribution >= 4 is 28.9 Å². The number of nitrogens with zero attached hydrogens (tertiary/aromatic N) is 3. The summed E-state index contributed by atoms with van der Waals surface area (Å²) in [6, 6.07) is 15.1. The minimum Gasteiger partial charge on any atom is -0.479 e. The van der Waals surface area contributed by atoms with Crippen LogP contribution in [0.2, 0.25) is 0 Å². The molecule has 2 aromatic rings. The lowest BCUT2D eigenvalue weighted by Crippen LogP contribution is -2.47. The second-order valence-electron chi connectivity index (χ2n) is 7.54. The topological polar surface area (TPSA) is 65.1 Å². The van der Waals surface area contributed by atoms with E-state index < -0.39 is 6.10 Å². The van der Waals surface area contributed by atoms with Crippen molar-refractivity contribution in [2.75, 3.05) is 54.9 Å². The van der Waals surface area contributed by atoms with Gasteiger partial charge in [-0.1, -0.05) is 12.1 Å². The maximum Gasteiger partial charge on any atom is 0.268 e. The molecule has 2 aliphatic heterocycles. The van der Waals surface area contributed by atoms with Crippen LogP contribution in [-0.2, 0) is 9.59 Å². The van der Waals surface area contributed by atoms with E-state index in [1.165, 1.54) is 4.90 Å². The van der Waals surface area contributed by atoms with Gasteiger partial charge in [0.1, 0.15) is 12.3 Å². The summed E-state index contributed by atoms with van der Waals surface area (Å²) in [5.41, 5.74) is 2.49. The largest absolute Gasteiger partial charge is 0.479 e. The zero-order valence-corrected chi connectivity index (χ0v) is 16.8. The minimum absolute atomic E-state index is 0.0518. The second kappa shape index (κ2) is 8.13. The molecule has 0 aliphatic carbocycles. The van der Waals surface area contributed by atoms with Gasteiger partial charge in [-0.05, 0) is 50.4 Å². The number of amides is 2. The Labute approximate surface area is 170 Å². The lowest BCUT2D eigenvalue weighted by atomic mass is 10.2. The number of hydrogen-bond acceptors (Lipinski definition) is 5. The van der Waals surface area contributed by atoms with Crippen LogP contribution in [0.25, 0.3) is 0 Å². The molecule has 0 spiro atoms. The summed E-state index contributed by atoms with van der Waals surface area (Å²) >= 11 is 0. The van der Waals surface area contributed by atoms with Crippen LogP contribution >= 0.6 is 0 Å². The number of hydrogen-bond donors (Lipinski definition) is 1. The number of carbonyl (C=O) groups excluding carboxylic acids is 2. The van der Waals surface area contributed by atoms with Gasteiger partial charge in [0.05, 0.1) is 5.69 Å². The van der Waals surface area contributed by atoms with Crippen molar-refractivity contribution < 1.29 is 14.3 Å². The maximum absolute atomic E-state index is 12.6. The van der Waals surface area contributed by atoms with Crippen molar-refractivity contribution in [1.29, 1.82) is 0 Å². The van der Waals surface area contributed by atoms with Crippen LogP contribution in [0.1, 0.15) is 6.92 Å². The number of rotatable bonds is 4. The number of likely N-dealkylation sites (N-methyl/N-ethyl adjacent to an activating group) is 1. The molecular formula is C22H26N4O3. The Hall–Kier alpha value is -3.06. The van der Waals surface area contributed by atoms with Gasteiger partial charge in [-0.3, -0.25) is 14.5 Å². The summed E-state index contributed by atoms with van der Waals surface area (Å²) in [7, 11) is 2.13. The number of carbonyl (C=O) groups is 2. The molecule has 1 atom stereocenters. The fourth-order valence-corrected chi connectivity index (χ4v) is 3.69. The SMILES string of the molecule is CC1Oc2ccccc2N(CC(=O)Nc2ccc(N3CCN(C)CC3)cc2)C1=O. The molecule has 152 valence electrons. The Bertz CT molecular complexity index is 891. The molecule has 7 heteroatoms. The third-order valence-corrected chi connectivity index (χ3v) is 5.39. The first-order chi connectivity index (χ1) is 14.0. The molecule has 0 bridgehead atoms. The predicted molar refractivity (Wildman–Crippen MR) is 114 cm³/mol. The molecule has 0 saturated carbocycles. The highest BCUT2D eigenvalue weighted by Gasteiger charge is 2.32. The van der Waals surface area contributed by atoms with E-state index in [0.717, 1.165) is 37.6 Å². The highest BCUT2D eigenvalue weighted by Crippen LogP contribution is 2.33. The summed E-state index contributed by atoms with van der Waals surface area (Å²) in [6.07, 6.45) is -0.611. The minimum atomic E-state index is -0.611. The molecule has 1 fully saturated rings. The standard InChI is InChI=1S/C22H26N4O3/c1-16-22(28)26(19-5-3-4-6-20(19)29-16)15-21(27)23-17-7-9-18(10-8-17)25-13-11-24(2)12-14-25/h3-10,16H,11-15H2,1-2H3,(H,23,27). The Balaban J connectivity index is 1.40. The lowest BCUT2D eigenvalue weighted by Gasteiger charge is -2.34. The molecule has 4 rings (SSSR count). The number of fused-ring (bicyclic) bond motifs is 1. The predicted octanol–water partition coefficient (Wildman–Crippen LogP) is 2.19. The van der Waals surface area contributed by atoms with E-state index in [2.05, 4.69) is 22.2 Å². The average molecular weight is 394 g/mol. The van der Waals surface area contributed by atoms with Crippen LogP contribution in [0.5, 0.6) is 5.75 Å². The molecule has 29 heavy (non-hydrogen) atoms. The lowest BCUT2D eigenvalue weighted by molar-refractivity contribution is -0.127. The molecule has 1 saturated heterocycles. The molecule has 7 nitrogen and oxygen atoms in total. The first-order valence-electron chi connectivity index (χ1n) is 9.92. The molecular weight excluding hydrogens is 368 g/mol. The number of ether oxygens (including phenoxy) is 1. The van der Waals surface area contributed by atoms with Crippen molar-refractivity contribution in [3.63, 3.8) is 0 Å². The Morgan fingerprint density at radius 3 is 2.48 bits per heavy atom. The first-order valence-corrected chi connectivity index (χ1v) is 9.92. The van der Waals surface area contributed by atoms with E-state index >= 15 is 0 Å². The smallest absolute Gasteiger partial charge is 0.268 e. The average Bonchev–Trinajstić information content (AvgIpc) is 2.72. The molecule has 0 aromatic heterocycles. The maximum atomic E-state index is 12.6. The van der Waals surface area contributed by atoms with Gasteiger partial charge >= 0.3 is 0 Å². The van der Waals surface area contributed by atoms with E-state index in [4.69, 9.17) is 4.74 Å². The van der Waals surface area contributed by atoms with Crippen LogP contribution in [0.15, 0.2) is 48.5 Å². The quantitative estimate of drug-likeness (QED) is 0.861. The van der Waals surface area contributed by atoms with Gasteiger partial charge in [0.2, 0.25) is 5.91 Å². The van der Waals surface area contributed by atoms with Gasteiger partial charge < -0.3 is 19.9 Å². The van der Waals surface area contributed by atoms with Gasteiger partial charge in [0, 0.05) is 37.6 Å². The highest BCUT2D eigenvalue weighted by molar-refractivity contribution is 6.06. The highest BCUT2D eigenvalue weighted by atomic mass is 16.5. The third-order valence-electron chi connectivity index (χ3n) is 5.39. The number of piperazine rings is 1. The molecule has 2 heterocycles. The van der Waals surface area contributed by atoms with Crippen LogP contribution in [0.4, 0.5) is 17.1 Å². The van der Waals surface area contributed by atoms with Crippen molar-refractivity contribution in [2.24, 2.45) is 0 Å². The molecule has 1 N–H and O–H groups in total. The van der Waals surface area contributed by atoms with E-state index in [9.17, 15) is 9.59 Å². The van der Waals surface area contributed by atoms with Crippen LogP contribution in [0, 0.1) is 0 Å². The van der Waals surface area contributed by atoms with E-state index in [0.29, 0.717) is 11.4 Å². The number of anilines is 3. The monoisotopic (exact) mass is 394 g/mol. The molecule has 2 aliphatic rings. The fraction of sp³-hybridized carbons (Fsp3) is 0.364. The zero-order valence-electron chi connectivity index (χ0n) is 16.8. The summed E-state index contributed by atoms with van der Waals surface area (Å²) in [4.78, 5) is 31.3. The fourth-order valence-electron chi connectivity index (χ4n) is 3.69. The zero-order chi connectivity index (χ0) is 20.4. The summed E-state index contributed by atoms with van der Waals surface area (Å²) in [5.74, 6) is 0.155. The molecule has 2 aromatic carbocycles. The van der Waals surface area contributed by atoms with E-state index in [1.807, 2.05) is 36.4 Å². The number of benzene rings is 2. The van der Waals surface area contributed by atoms with E-state index in [-0.39, 0.29) is 18.4 Å². The first kappa shape index (κ1) is 19.3.